The van der Waals surface area contributed by atoms with Crippen molar-refractivity contribution in [2.45, 2.75) is 19.6 Å². The quantitative estimate of drug-likeness (QED) is 0.126. The third-order valence-corrected chi connectivity index (χ3v) is 10.5. The van der Waals surface area contributed by atoms with Crippen LogP contribution in [0.1, 0.15) is 11.1 Å². The molecule has 1 aliphatic heterocycles. The van der Waals surface area contributed by atoms with Gasteiger partial charge in [-0.3, -0.25) is 18.2 Å². The summed E-state index contributed by atoms with van der Waals surface area (Å²) in [7, 11) is -18.4. The molecule has 0 aliphatic carbocycles. The van der Waals surface area contributed by atoms with Gasteiger partial charge in [-0.2, -0.15) is 33.7 Å². The highest BCUT2D eigenvalue weighted by Crippen LogP contribution is 2.43. The second-order valence-corrected chi connectivity index (χ2v) is 15.3. The highest BCUT2D eigenvalue weighted by molar-refractivity contribution is 7.86. The molecule has 0 bridgehead atoms. The summed E-state index contributed by atoms with van der Waals surface area (Å²) in [4.78, 5) is -2.74. The molecule has 0 fully saturated rings. The summed E-state index contributed by atoms with van der Waals surface area (Å²) in [6.45, 7) is 3.61. The third kappa shape index (κ3) is 6.09. The van der Waals surface area contributed by atoms with Gasteiger partial charge < -0.3 is 15.4 Å². The van der Waals surface area contributed by atoms with Gasteiger partial charge in [0.1, 0.15) is 31.1 Å². The van der Waals surface area contributed by atoms with Crippen LogP contribution in [0.2, 0.25) is 0 Å². The van der Waals surface area contributed by atoms with Crippen molar-refractivity contribution >= 4 is 69.7 Å². The Labute approximate surface area is 262 Å². The van der Waals surface area contributed by atoms with Crippen molar-refractivity contribution in [3.63, 3.8) is 0 Å². The van der Waals surface area contributed by atoms with Crippen LogP contribution in [0.4, 0.5) is 17.1 Å². The SMILES string of the molecule is C=c1cc2c(cc1S(=O)(=O)O)=C(c1ccccc1S(=O)(=O)O)c1cc(S(=O)(=O)O)c(Nc3cccc(S(=O)(=O)O)c3NC)cc1O2. The Morgan fingerprint density at radius 2 is 1.20 bits per heavy atom. The number of anilines is 3. The minimum absolute atomic E-state index is 0.0718. The van der Waals surface area contributed by atoms with E-state index >= 15 is 0 Å². The maximum absolute atomic E-state index is 12.7. The first-order valence-corrected chi connectivity index (χ1v) is 18.3. The number of benzene rings is 4. The zero-order valence-corrected chi connectivity index (χ0v) is 26.4. The monoisotopic (exact) mass is 710 g/mol. The number of fused-ring (bicyclic) bond motifs is 2. The molecule has 1 heterocycles. The van der Waals surface area contributed by atoms with Crippen LogP contribution in [0, 0.1) is 0 Å². The van der Waals surface area contributed by atoms with Crippen LogP contribution in [0.3, 0.4) is 0 Å². The normalized spacial score (nSPS) is 13.4. The highest BCUT2D eigenvalue weighted by atomic mass is 32.2. The van der Waals surface area contributed by atoms with E-state index in [4.69, 9.17) is 4.74 Å². The summed E-state index contributed by atoms with van der Waals surface area (Å²) in [6.07, 6.45) is 0. The molecule has 0 saturated carbocycles. The van der Waals surface area contributed by atoms with Gasteiger partial charge in [0.15, 0.2) is 0 Å². The van der Waals surface area contributed by atoms with Gasteiger partial charge >= 0.3 is 0 Å². The van der Waals surface area contributed by atoms with Crippen LogP contribution >= 0.6 is 0 Å². The molecule has 0 aromatic heterocycles. The Morgan fingerprint density at radius 1 is 0.609 bits per heavy atom. The lowest BCUT2D eigenvalue weighted by Gasteiger charge is -2.25. The van der Waals surface area contributed by atoms with Crippen molar-refractivity contribution in [3.05, 3.63) is 88.3 Å². The fraction of sp³-hybridized carbons (Fsp3) is 0.0370. The molecule has 4 aromatic carbocycles. The predicted molar refractivity (Wildman–Crippen MR) is 164 cm³/mol. The first-order valence-electron chi connectivity index (χ1n) is 12.5. The van der Waals surface area contributed by atoms with E-state index in [1.807, 2.05) is 0 Å². The Morgan fingerprint density at radius 3 is 1.78 bits per heavy atom. The lowest BCUT2D eigenvalue weighted by atomic mass is 9.92. The van der Waals surface area contributed by atoms with Crippen LogP contribution in [0.15, 0.2) is 86.3 Å². The third-order valence-electron chi connectivity index (χ3n) is 6.82. The topological polar surface area (TPSA) is 251 Å². The molecule has 242 valence electrons. The van der Waals surface area contributed by atoms with Crippen LogP contribution < -0.4 is 25.8 Å². The Hall–Kier alpha value is -4.34. The van der Waals surface area contributed by atoms with E-state index in [0.717, 1.165) is 36.4 Å². The molecule has 0 atom stereocenters. The molecular weight excluding hydrogens is 689 g/mol. The molecule has 6 N–H and O–H groups in total. The minimum atomic E-state index is -5.14. The lowest BCUT2D eigenvalue weighted by molar-refractivity contribution is 0.466. The average Bonchev–Trinajstić information content (AvgIpc) is 2.93. The fourth-order valence-corrected chi connectivity index (χ4v) is 7.71. The zero-order valence-electron chi connectivity index (χ0n) is 23.2. The lowest BCUT2D eigenvalue weighted by Crippen LogP contribution is -2.25. The molecule has 5 rings (SSSR count). The summed E-state index contributed by atoms with van der Waals surface area (Å²) >= 11 is 0. The number of hydrogen-bond donors (Lipinski definition) is 6. The van der Waals surface area contributed by atoms with E-state index in [1.54, 1.807) is 0 Å². The summed E-state index contributed by atoms with van der Waals surface area (Å²) in [5.74, 6) is -0.307. The molecular formula is C27H22N2O13S4. The number of hydrogen-bond acceptors (Lipinski definition) is 11. The maximum atomic E-state index is 12.7. The maximum Gasteiger partial charge on any atom is 0.296 e. The molecule has 4 aromatic rings. The molecule has 46 heavy (non-hydrogen) atoms. The van der Waals surface area contributed by atoms with E-state index in [0.29, 0.717) is 0 Å². The summed E-state index contributed by atoms with van der Waals surface area (Å²) in [5, 5.41) is 4.90. The highest BCUT2D eigenvalue weighted by Gasteiger charge is 2.30. The molecule has 0 saturated heterocycles. The first kappa shape index (κ1) is 33.0. The van der Waals surface area contributed by atoms with Gasteiger partial charge in [-0.05, 0) is 41.6 Å². The molecule has 0 spiro atoms. The van der Waals surface area contributed by atoms with Crippen molar-refractivity contribution in [2.24, 2.45) is 0 Å². The minimum Gasteiger partial charge on any atom is -0.456 e. The van der Waals surface area contributed by atoms with Crippen LogP contribution in [0.25, 0.3) is 12.2 Å². The Balaban J connectivity index is 1.91. The molecule has 0 unspecified atom stereocenters. The molecule has 15 nitrogen and oxygen atoms in total. The van der Waals surface area contributed by atoms with E-state index in [9.17, 15) is 51.9 Å². The van der Waals surface area contributed by atoms with Crippen LogP contribution in [0.5, 0.6) is 11.5 Å². The van der Waals surface area contributed by atoms with Crippen molar-refractivity contribution in [1.29, 1.82) is 0 Å². The average molecular weight is 711 g/mol. The van der Waals surface area contributed by atoms with Crippen molar-refractivity contribution in [2.75, 3.05) is 17.7 Å². The van der Waals surface area contributed by atoms with Crippen LogP contribution in [-0.2, 0) is 40.5 Å². The van der Waals surface area contributed by atoms with E-state index < -0.39 is 60.1 Å². The molecule has 1 aliphatic rings. The zero-order chi connectivity index (χ0) is 34.0. The number of nitrogens with one attached hydrogen (secondary N) is 2. The van der Waals surface area contributed by atoms with E-state index in [-0.39, 0.29) is 55.7 Å². The van der Waals surface area contributed by atoms with Gasteiger partial charge in [0.2, 0.25) is 0 Å². The summed E-state index contributed by atoms with van der Waals surface area (Å²) in [5.41, 5.74) is -1.26. The summed E-state index contributed by atoms with van der Waals surface area (Å²) in [6, 6.07) is 12.6. The Kier molecular flexibility index (Phi) is 8.02. The summed E-state index contributed by atoms with van der Waals surface area (Å²) < 4.78 is 144. The molecule has 0 radical (unpaired) electrons. The number of para-hydroxylation sites is 1. The van der Waals surface area contributed by atoms with E-state index in [1.165, 1.54) is 37.4 Å². The Bertz CT molecular complexity index is 2530. The molecule has 19 heteroatoms. The predicted octanol–water partition coefficient (Wildman–Crippen LogP) is 2.22. The number of rotatable bonds is 8. The smallest absolute Gasteiger partial charge is 0.296 e. The second-order valence-electron chi connectivity index (χ2n) is 9.73. The van der Waals surface area contributed by atoms with Gasteiger partial charge in [0.05, 0.1) is 17.1 Å². The van der Waals surface area contributed by atoms with Crippen molar-refractivity contribution in [1.82, 2.24) is 0 Å². The fourth-order valence-electron chi connectivity index (χ4n) is 4.98. The van der Waals surface area contributed by atoms with Gasteiger partial charge in [0.25, 0.3) is 40.5 Å². The van der Waals surface area contributed by atoms with Crippen molar-refractivity contribution < 1.29 is 56.6 Å². The van der Waals surface area contributed by atoms with E-state index in [2.05, 4.69) is 17.2 Å². The largest absolute Gasteiger partial charge is 0.456 e. The van der Waals surface area contributed by atoms with Gasteiger partial charge in [-0.15, -0.1) is 0 Å². The first-order chi connectivity index (χ1) is 21.2. The standard InChI is InChI=1S/C27H22N2O13S4/c1-14-10-20-16(11-24(14)45(36,37)38)26(15-6-3-4-8-22(15)43(30,31)32)17-12-25(46(39,40)41)19(13-21(17)42-20)29-18-7-5-9-23(27(18)28-2)44(33,34)35/h3-13,28-29H,1H2,2H3,(H,30,31,32)(H,33,34,35)(H,36,37,38)(H,39,40,41). The number of ether oxygens (including phenoxy) is 1. The van der Waals surface area contributed by atoms with Gasteiger partial charge in [0, 0.05) is 35.0 Å². The van der Waals surface area contributed by atoms with Crippen molar-refractivity contribution in [3.8, 4) is 11.5 Å². The van der Waals surface area contributed by atoms with Gasteiger partial charge in [-0.1, -0.05) is 30.8 Å². The van der Waals surface area contributed by atoms with Crippen LogP contribution in [-0.4, -0.2) is 58.9 Å². The second kappa shape index (κ2) is 11.2. The molecule has 0 amide bonds. The van der Waals surface area contributed by atoms with Gasteiger partial charge in [-0.25, -0.2) is 0 Å².